The fraction of sp³-hybridized carbons (Fsp3) is 0.244. The number of aliphatic imine (C=N–C) groups is 1. The highest BCUT2D eigenvalue weighted by atomic mass is 32.1. The van der Waals surface area contributed by atoms with Crippen LogP contribution in [-0.2, 0) is 0 Å². The van der Waals surface area contributed by atoms with Crippen LogP contribution in [0.4, 0.5) is 34.1 Å². The van der Waals surface area contributed by atoms with Gasteiger partial charge in [-0.1, -0.05) is 24.4 Å². The molecule has 0 amide bonds. The summed E-state index contributed by atoms with van der Waals surface area (Å²) in [4.78, 5) is 23.5. The lowest BCUT2D eigenvalue weighted by Gasteiger charge is -2.28. The van der Waals surface area contributed by atoms with Gasteiger partial charge in [0.05, 0.1) is 15.5 Å². The van der Waals surface area contributed by atoms with Crippen LogP contribution < -0.4 is 42.6 Å². The monoisotopic (exact) mass is 863 g/mol. The second-order valence-corrected chi connectivity index (χ2v) is 13.7. The molecule has 2 heterocycles. The van der Waals surface area contributed by atoms with Crippen molar-refractivity contribution in [3.05, 3.63) is 128 Å². The number of nitrogens with two attached hydrogens (primary N) is 3. The van der Waals surface area contributed by atoms with Gasteiger partial charge in [0.15, 0.2) is 5.11 Å². The Morgan fingerprint density at radius 3 is 1.61 bits per heavy atom. The zero-order valence-electron chi connectivity index (χ0n) is 33.7. The van der Waals surface area contributed by atoms with E-state index >= 15 is 0 Å². The van der Waals surface area contributed by atoms with Crippen LogP contribution >= 0.6 is 34.3 Å². The van der Waals surface area contributed by atoms with Gasteiger partial charge < -0.3 is 42.6 Å². The highest BCUT2D eigenvalue weighted by Crippen LogP contribution is 2.33. The Kier molecular flexibility index (Phi) is 22.3. The standard InChI is InChI=1S/C18H17N3O3S.C11H13NO.C7H6N2O2.C4H13N3.CH2S.H3P/c1-18(2)10-9-12-11-14(5-8-16(12)24-18)20-17(25)19-13-3-6-15(7-4-13)21(22)23;1-11(2)6-5-8-7-9(12)3-4-10(8)13-11;1-8-6-2-4-7(5-3-6)9(10)11;5-1-3-7-4-2-6;1-2;/h3-11H,1-2H3,(H2,19,20,25);3-7H,12H2,1-2H3;2-5H,1H2;7H,1-6H2;1H2;1H3. The van der Waals surface area contributed by atoms with Crippen LogP contribution in [0.15, 0.2) is 102 Å². The van der Waals surface area contributed by atoms with Crippen molar-refractivity contribution in [2.45, 2.75) is 38.9 Å². The molecule has 0 radical (unpaired) electrons. The Bertz CT molecular complexity index is 2040. The average molecular weight is 864 g/mol. The van der Waals surface area contributed by atoms with Gasteiger partial charge in [-0.2, -0.15) is 9.90 Å². The quantitative estimate of drug-likeness (QED) is 0.0177. The van der Waals surface area contributed by atoms with Crippen molar-refractivity contribution >= 4 is 98.3 Å². The number of ether oxygens (including phenoxy) is 2. The summed E-state index contributed by atoms with van der Waals surface area (Å²) in [6.45, 7) is 14.5. The molecular weight excluding hydrogens is 810 g/mol. The molecule has 0 fully saturated rings. The van der Waals surface area contributed by atoms with E-state index in [-0.39, 0.29) is 32.5 Å². The smallest absolute Gasteiger partial charge is 0.269 e. The average Bonchev–Trinajstić information content (AvgIpc) is 3.19. The van der Waals surface area contributed by atoms with E-state index in [1.807, 2.05) is 82.3 Å². The van der Waals surface area contributed by atoms with Crippen LogP contribution in [0.5, 0.6) is 11.5 Å². The van der Waals surface area contributed by atoms with E-state index < -0.39 is 9.85 Å². The first-order valence-corrected chi connectivity index (χ1v) is 18.8. The molecular formula is C41H54N9O6PS2. The number of hydrogen-bond donors (Lipinski definition) is 6. The first-order valence-electron chi connectivity index (χ1n) is 17.8. The summed E-state index contributed by atoms with van der Waals surface area (Å²) in [6.07, 6.45) is 8.12. The molecule has 18 heteroatoms. The minimum atomic E-state index is -0.452. The Morgan fingerprint density at radius 1 is 0.729 bits per heavy atom. The predicted octanol–water partition coefficient (Wildman–Crippen LogP) is 8.14. The maximum atomic E-state index is 10.7. The molecule has 0 saturated carbocycles. The van der Waals surface area contributed by atoms with E-state index in [1.54, 1.807) is 24.3 Å². The summed E-state index contributed by atoms with van der Waals surface area (Å²) in [5.41, 5.74) is 20.5. The number of hydrogen-bond acceptors (Lipinski definition) is 13. The van der Waals surface area contributed by atoms with Crippen LogP contribution in [-0.4, -0.2) is 64.9 Å². The number of rotatable bonds is 9. The SMILES string of the molecule is C=Nc1ccc([N+](=O)[O-])cc1.C=S.CC1(C)C=Cc2cc(N)ccc2O1.CC1(C)C=Cc2cc(NC(=S)Nc3ccc([N+](=O)[O-])cc3)ccc2O1.NCCNCCN.P. The number of fused-ring (bicyclic) bond motifs is 2. The summed E-state index contributed by atoms with van der Waals surface area (Å²) in [5, 5.41) is 30.4. The van der Waals surface area contributed by atoms with Crippen molar-refractivity contribution in [2.24, 2.45) is 16.5 Å². The number of thiocarbonyl (C=S) groups is 2. The van der Waals surface area contributed by atoms with Crippen molar-refractivity contribution in [3.63, 3.8) is 0 Å². The third-order valence-corrected chi connectivity index (χ3v) is 7.80. The van der Waals surface area contributed by atoms with E-state index in [0.717, 1.165) is 47.1 Å². The molecule has 2 aliphatic rings. The zero-order valence-corrected chi connectivity index (χ0v) is 36.7. The van der Waals surface area contributed by atoms with E-state index in [1.165, 1.54) is 24.3 Å². The fourth-order valence-electron chi connectivity index (χ4n) is 4.82. The molecule has 0 saturated heterocycles. The van der Waals surface area contributed by atoms with Gasteiger partial charge in [0.25, 0.3) is 11.4 Å². The van der Waals surface area contributed by atoms with Crippen LogP contribution in [0, 0.1) is 20.2 Å². The van der Waals surface area contributed by atoms with Crippen molar-refractivity contribution < 1.29 is 19.3 Å². The van der Waals surface area contributed by atoms with E-state index in [2.05, 4.69) is 51.8 Å². The van der Waals surface area contributed by atoms with Gasteiger partial charge in [0.1, 0.15) is 22.7 Å². The number of non-ortho nitro benzene ring substituents is 2. The van der Waals surface area contributed by atoms with Gasteiger partial charge in [-0.25, -0.2) is 0 Å². The van der Waals surface area contributed by atoms with Crippen LogP contribution in [0.3, 0.4) is 0 Å². The zero-order chi connectivity index (χ0) is 43.3. The molecule has 4 aromatic carbocycles. The molecule has 0 bridgehead atoms. The second kappa shape index (κ2) is 25.6. The molecule has 0 spiro atoms. The predicted molar refractivity (Wildman–Crippen MR) is 257 cm³/mol. The summed E-state index contributed by atoms with van der Waals surface area (Å²) in [5.74, 6) is 4.56. The molecule has 59 heavy (non-hydrogen) atoms. The first-order chi connectivity index (χ1) is 27.5. The lowest BCUT2D eigenvalue weighted by atomic mass is 10.0. The van der Waals surface area contributed by atoms with E-state index in [0.29, 0.717) is 29.6 Å². The second-order valence-electron chi connectivity index (χ2n) is 13.3. The summed E-state index contributed by atoms with van der Waals surface area (Å²) in [6, 6.07) is 23.4. The van der Waals surface area contributed by atoms with Gasteiger partial charge in [-0.15, -0.1) is 0 Å². The van der Waals surface area contributed by atoms with Gasteiger partial charge in [-0.3, -0.25) is 25.2 Å². The topological polar surface area (TPSA) is 231 Å². The summed E-state index contributed by atoms with van der Waals surface area (Å²) in [7, 11) is 0. The number of nitrogen functional groups attached to an aromatic ring is 1. The molecule has 1 atom stereocenters. The minimum Gasteiger partial charge on any atom is -0.483 e. The number of nitro benzene ring substituents is 2. The normalized spacial score (nSPS) is 12.8. The number of nitrogens with zero attached hydrogens (tertiary/aromatic N) is 3. The molecule has 0 aromatic heterocycles. The maximum absolute atomic E-state index is 10.7. The summed E-state index contributed by atoms with van der Waals surface area (Å²) < 4.78 is 11.6. The molecule has 2 aliphatic heterocycles. The van der Waals surface area contributed by atoms with Crippen molar-refractivity contribution in [1.82, 2.24) is 5.32 Å². The largest absolute Gasteiger partial charge is 0.483 e. The molecule has 316 valence electrons. The molecule has 1 unspecified atom stereocenters. The fourth-order valence-corrected chi connectivity index (χ4v) is 5.06. The Balaban J connectivity index is 0.000000431. The van der Waals surface area contributed by atoms with Crippen LogP contribution in [0.25, 0.3) is 12.2 Å². The third kappa shape index (κ3) is 18.6. The highest BCUT2D eigenvalue weighted by Gasteiger charge is 2.22. The lowest BCUT2D eigenvalue weighted by molar-refractivity contribution is -0.385. The Labute approximate surface area is 359 Å². The third-order valence-electron chi connectivity index (χ3n) is 7.60. The molecule has 0 aliphatic carbocycles. The van der Waals surface area contributed by atoms with E-state index in [9.17, 15) is 20.2 Å². The van der Waals surface area contributed by atoms with Gasteiger partial charge in [-0.05, 0) is 125 Å². The summed E-state index contributed by atoms with van der Waals surface area (Å²) >= 11 is 9.12. The first kappa shape index (κ1) is 51.3. The minimum absolute atomic E-state index is 0. The molecule has 6 rings (SSSR count). The van der Waals surface area contributed by atoms with E-state index in [4.69, 9.17) is 38.9 Å². The molecule has 15 nitrogen and oxygen atoms in total. The Morgan fingerprint density at radius 2 is 1.15 bits per heavy atom. The number of benzene rings is 4. The highest BCUT2D eigenvalue weighted by molar-refractivity contribution is 7.80. The van der Waals surface area contributed by atoms with Gasteiger partial charge in [0.2, 0.25) is 0 Å². The molecule has 4 aromatic rings. The van der Waals surface area contributed by atoms with Crippen molar-refractivity contribution in [1.29, 1.82) is 0 Å². The number of nitro groups is 2. The number of anilines is 3. The van der Waals surface area contributed by atoms with Crippen LogP contribution in [0.2, 0.25) is 0 Å². The lowest BCUT2D eigenvalue weighted by Crippen LogP contribution is -2.27. The maximum Gasteiger partial charge on any atom is 0.269 e. The van der Waals surface area contributed by atoms with Crippen molar-refractivity contribution in [2.75, 3.05) is 42.5 Å². The Hall–Kier alpha value is -5.68. The number of nitrogens with one attached hydrogen (secondary N) is 3. The van der Waals surface area contributed by atoms with Crippen LogP contribution in [0.1, 0.15) is 38.8 Å². The van der Waals surface area contributed by atoms with Gasteiger partial charge in [0, 0.05) is 78.6 Å². The van der Waals surface area contributed by atoms with Gasteiger partial charge >= 0.3 is 0 Å². The van der Waals surface area contributed by atoms with Crippen molar-refractivity contribution in [3.8, 4) is 11.5 Å². The molecule has 9 N–H and O–H groups in total.